The average Bonchev–Trinajstić information content (AvgIpc) is 3.38. The van der Waals surface area contributed by atoms with Crippen LogP contribution in [0.3, 0.4) is 0 Å². The molecule has 4 atom stereocenters. The Kier molecular flexibility index (Phi) is 8.41. The Balaban J connectivity index is 1.54. The molecule has 2 amide bonds. The molecule has 2 aromatic heterocycles. The number of carbonyl (C=O) groups excluding carboxylic acids is 2. The highest BCUT2D eigenvalue weighted by Crippen LogP contribution is 2.47. The fraction of sp³-hybridized carbons (Fsp3) is 0.467. The third kappa shape index (κ3) is 6.20. The molecule has 0 bridgehead atoms. The zero-order valence-electron chi connectivity index (χ0n) is 24.1. The molecule has 2 N–H and O–H groups in total. The van der Waals surface area contributed by atoms with E-state index in [0.29, 0.717) is 29.1 Å². The monoisotopic (exact) mass is 578 g/mol. The number of hydrogen-bond donors (Lipinski definition) is 2. The number of nitriles is 1. The lowest BCUT2D eigenvalue weighted by Gasteiger charge is -2.44. The number of carbonyl (C=O) groups is 2. The maximum atomic E-state index is 14.0. The Morgan fingerprint density at radius 3 is 2.71 bits per heavy atom. The Morgan fingerprint density at radius 1 is 1.32 bits per heavy atom. The van der Waals surface area contributed by atoms with Crippen LogP contribution < -0.4 is 15.6 Å². The number of likely N-dealkylation sites (tertiary alicyclic amines) is 1. The minimum absolute atomic E-state index is 0.0396. The number of hydrogen-bond acceptors (Lipinski definition) is 7. The highest BCUT2D eigenvalue weighted by molar-refractivity contribution is 6.31. The second-order valence-corrected chi connectivity index (χ2v) is 12.1. The predicted octanol–water partition coefficient (Wildman–Crippen LogP) is 4.69. The molecule has 1 aliphatic carbocycles. The van der Waals surface area contributed by atoms with Crippen LogP contribution in [-0.4, -0.2) is 50.0 Å². The van der Waals surface area contributed by atoms with E-state index in [1.807, 2.05) is 37.0 Å². The molecule has 11 heteroatoms. The van der Waals surface area contributed by atoms with Gasteiger partial charge in [-0.25, -0.2) is 10.1 Å². The van der Waals surface area contributed by atoms with Gasteiger partial charge in [-0.05, 0) is 66.0 Å². The van der Waals surface area contributed by atoms with E-state index in [9.17, 15) is 19.6 Å². The summed E-state index contributed by atoms with van der Waals surface area (Å²) >= 11 is 6.37. The molecular weight excluding hydrogens is 544 g/mol. The summed E-state index contributed by atoms with van der Waals surface area (Å²) in [7, 11) is 0. The zero-order valence-corrected chi connectivity index (χ0v) is 24.9. The summed E-state index contributed by atoms with van der Waals surface area (Å²) in [6.07, 6.45) is 9.29. The quantitative estimate of drug-likeness (QED) is 0.485. The van der Waals surface area contributed by atoms with Crippen molar-refractivity contribution in [2.24, 2.45) is 10.8 Å². The van der Waals surface area contributed by atoms with Crippen molar-refractivity contribution >= 4 is 23.4 Å². The molecule has 10 nitrogen and oxygen atoms in total. The summed E-state index contributed by atoms with van der Waals surface area (Å²) in [5, 5.41) is 19.5. The number of ether oxygens (including phenoxy) is 1. The molecule has 1 aliphatic heterocycles. The smallest absolute Gasteiger partial charge is 0.307 e. The highest BCUT2D eigenvalue weighted by atomic mass is 35.5. The Hall–Kier alpha value is -3.97. The van der Waals surface area contributed by atoms with Gasteiger partial charge in [0.15, 0.2) is 5.75 Å². The number of amides is 2. The van der Waals surface area contributed by atoms with Crippen LogP contribution >= 0.6 is 11.6 Å². The van der Waals surface area contributed by atoms with E-state index < -0.39 is 28.3 Å². The fourth-order valence-corrected chi connectivity index (χ4v) is 5.99. The summed E-state index contributed by atoms with van der Waals surface area (Å²) in [6, 6.07) is 4.08. The maximum Gasteiger partial charge on any atom is 0.307 e. The topological polar surface area (TPSA) is 141 Å². The van der Waals surface area contributed by atoms with Crippen molar-refractivity contribution in [2.45, 2.75) is 78.9 Å². The zero-order chi connectivity index (χ0) is 30.1. The third-order valence-corrected chi connectivity index (χ3v) is 8.17. The van der Waals surface area contributed by atoms with Gasteiger partial charge in [-0.2, -0.15) is 10.4 Å². The molecule has 2 aliphatic rings. The first-order valence-electron chi connectivity index (χ1n) is 13.6. The second-order valence-electron chi connectivity index (χ2n) is 11.7. The van der Waals surface area contributed by atoms with Gasteiger partial charge in [-0.3, -0.25) is 14.4 Å². The van der Waals surface area contributed by atoms with Crippen molar-refractivity contribution in [3.05, 3.63) is 68.8 Å². The molecule has 0 saturated carbocycles. The molecular formula is C30H35ClN6O4. The van der Waals surface area contributed by atoms with E-state index in [1.165, 1.54) is 12.3 Å². The molecule has 0 spiro atoms. The number of H-pyrrole nitrogens is 1. The molecule has 0 aromatic carbocycles. The summed E-state index contributed by atoms with van der Waals surface area (Å²) in [4.78, 5) is 45.3. The van der Waals surface area contributed by atoms with Crippen LogP contribution in [0.15, 0.2) is 46.4 Å². The van der Waals surface area contributed by atoms with Crippen molar-refractivity contribution in [3.63, 3.8) is 0 Å². The number of aromatic nitrogens is 3. The Labute approximate surface area is 244 Å². The van der Waals surface area contributed by atoms with Gasteiger partial charge >= 0.3 is 5.56 Å². The molecule has 216 valence electrons. The number of aryl methyl sites for hydroxylation is 2. The lowest BCUT2D eigenvalue weighted by atomic mass is 9.75. The molecule has 1 unspecified atom stereocenters. The molecule has 2 aromatic rings. The van der Waals surface area contributed by atoms with Crippen LogP contribution in [0.2, 0.25) is 0 Å². The third-order valence-electron chi connectivity index (χ3n) is 7.94. The summed E-state index contributed by atoms with van der Waals surface area (Å²) in [5.74, 6) is -0.527. The SMILES string of the molecule is Cc1cc(Oc2ncc(C(=O)N[C@H](C)C(=O)N3[C@H](C4(C)C=C(Cl)C=CC4)CC[C@@H]3C(C)(C)C#N)cc2C)c(=O)[nH]n1. The van der Waals surface area contributed by atoms with E-state index in [0.717, 1.165) is 6.42 Å². The number of halogens is 1. The molecule has 3 heterocycles. The van der Waals surface area contributed by atoms with E-state index in [1.54, 1.807) is 26.8 Å². The summed E-state index contributed by atoms with van der Waals surface area (Å²) in [6.45, 7) is 10.8. The average molecular weight is 579 g/mol. The number of aromatic amines is 1. The van der Waals surface area contributed by atoms with Crippen molar-refractivity contribution in [3.8, 4) is 17.7 Å². The lowest BCUT2D eigenvalue weighted by molar-refractivity contribution is -0.139. The van der Waals surface area contributed by atoms with E-state index in [-0.39, 0.29) is 35.2 Å². The van der Waals surface area contributed by atoms with Crippen molar-refractivity contribution in [1.82, 2.24) is 25.4 Å². The first-order chi connectivity index (χ1) is 19.3. The molecule has 1 saturated heterocycles. The van der Waals surface area contributed by atoms with Crippen LogP contribution in [0.4, 0.5) is 0 Å². The number of nitrogens with one attached hydrogen (secondary N) is 2. The number of rotatable bonds is 7. The van der Waals surface area contributed by atoms with Crippen LogP contribution in [0.1, 0.15) is 68.6 Å². The van der Waals surface area contributed by atoms with Gasteiger partial charge in [0.1, 0.15) is 6.04 Å². The summed E-state index contributed by atoms with van der Waals surface area (Å²) < 4.78 is 5.65. The van der Waals surface area contributed by atoms with Crippen molar-refractivity contribution in [2.75, 3.05) is 0 Å². The predicted molar refractivity (Wildman–Crippen MR) is 154 cm³/mol. The van der Waals surface area contributed by atoms with E-state index in [4.69, 9.17) is 16.3 Å². The van der Waals surface area contributed by atoms with Gasteiger partial charge in [0.2, 0.25) is 11.8 Å². The normalized spacial score (nSPS) is 23.0. The van der Waals surface area contributed by atoms with E-state index in [2.05, 4.69) is 33.5 Å². The van der Waals surface area contributed by atoms with Gasteiger partial charge in [-0.1, -0.05) is 30.7 Å². The van der Waals surface area contributed by atoms with Crippen molar-refractivity contribution in [1.29, 1.82) is 5.26 Å². The Bertz CT molecular complexity index is 1520. The van der Waals surface area contributed by atoms with Gasteiger partial charge in [0.05, 0.1) is 28.8 Å². The van der Waals surface area contributed by atoms with Crippen LogP contribution in [0, 0.1) is 36.0 Å². The second kappa shape index (κ2) is 11.5. The van der Waals surface area contributed by atoms with E-state index >= 15 is 0 Å². The van der Waals surface area contributed by atoms with Gasteiger partial charge in [0.25, 0.3) is 5.91 Å². The highest BCUT2D eigenvalue weighted by Gasteiger charge is 2.51. The first kappa shape index (κ1) is 30.0. The van der Waals surface area contributed by atoms with Crippen molar-refractivity contribution < 1.29 is 14.3 Å². The fourth-order valence-electron chi connectivity index (χ4n) is 5.65. The minimum atomic E-state index is -0.864. The van der Waals surface area contributed by atoms with Gasteiger partial charge < -0.3 is 15.0 Å². The number of allylic oxidation sites excluding steroid dienone is 3. The lowest BCUT2D eigenvalue weighted by Crippen LogP contribution is -2.57. The standard InChI is InChI=1S/C30H35ClN6O4/c1-17-12-20(15-33-27(17)41-22-13-18(2)35-36-26(22)39)25(38)34-19(3)28(40)37-23(29(4,5)16-32)9-10-24(37)30(6)11-7-8-21(31)14-30/h7-8,12-15,19,23-24H,9-11H2,1-6H3,(H,34,38)(H,36,39)/t19-,23-,24+,30?/m1/s1. The Morgan fingerprint density at radius 2 is 2.05 bits per heavy atom. The molecule has 41 heavy (non-hydrogen) atoms. The first-order valence-corrected chi connectivity index (χ1v) is 13.9. The van der Waals surface area contributed by atoms with Crippen LogP contribution in [0.5, 0.6) is 11.6 Å². The molecule has 0 radical (unpaired) electrons. The van der Waals surface area contributed by atoms with Crippen LogP contribution in [0.25, 0.3) is 0 Å². The number of nitrogens with zero attached hydrogens (tertiary/aromatic N) is 4. The summed E-state index contributed by atoms with van der Waals surface area (Å²) in [5.41, 5.74) is -0.352. The maximum absolute atomic E-state index is 14.0. The van der Waals surface area contributed by atoms with Crippen LogP contribution in [-0.2, 0) is 4.79 Å². The molecule has 4 rings (SSSR count). The van der Waals surface area contributed by atoms with Gasteiger partial charge in [0, 0.05) is 34.3 Å². The van der Waals surface area contributed by atoms with Gasteiger partial charge in [-0.15, -0.1) is 0 Å². The largest absolute Gasteiger partial charge is 0.433 e. The number of pyridine rings is 1. The minimum Gasteiger partial charge on any atom is -0.433 e. The molecule has 1 fully saturated rings.